The Morgan fingerprint density at radius 3 is 2.45 bits per heavy atom. The van der Waals surface area contributed by atoms with Crippen molar-refractivity contribution >= 4 is 0 Å². The Bertz CT molecular complexity index is 284. The fourth-order valence-electron chi connectivity index (χ4n) is 0.953. The minimum atomic E-state index is -0.328. The van der Waals surface area contributed by atoms with E-state index in [1.807, 2.05) is 12.1 Å². The van der Waals surface area contributed by atoms with Gasteiger partial charge in [-0.2, -0.15) is 0 Å². The number of ether oxygens (including phenoxy) is 2. The largest absolute Gasteiger partial charge is 0.455 e. The molecule has 0 radical (unpaired) electrons. The van der Waals surface area contributed by atoms with Crippen molar-refractivity contribution in [3.8, 4) is 0 Å². The lowest BCUT2D eigenvalue weighted by molar-refractivity contribution is -0.0245. The van der Waals surface area contributed by atoms with Gasteiger partial charge in [-0.05, 0) is 0 Å². The summed E-state index contributed by atoms with van der Waals surface area (Å²) in [6.07, 6.45) is 2.70. The zero-order valence-corrected chi connectivity index (χ0v) is 5.86. The van der Waals surface area contributed by atoms with Gasteiger partial charge in [0.2, 0.25) is 0 Å². The molecule has 2 rings (SSSR count). The first-order valence-corrected chi connectivity index (χ1v) is 3.39. The Kier molecular flexibility index (Phi) is 1.27. The highest BCUT2D eigenvalue weighted by Gasteiger charge is 2.13. The predicted octanol–water partition coefficient (Wildman–Crippen LogP) is 2.20. The van der Waals surface area contributed by atoms with Gasteiger partial charge in [0.15, 0.2) is 0 Å². The highest BCUT2D eigenvalue weighted by atomic mass is 16.7. The molecule has 0 unspecified atom stereocenters. The Labute approximate surface area is 66.5 Å². The number of hydrogen-bond donors (Lipinski definition) is 0. The minimum absolute atomic E-state index is 0.328. The average Bonchev–Trinajstić information content (AvgIpc) is 2.58. The van der Waals surface area contributed by atoms with E-state index in [4.69, 9.17) is 10.8 Å². The molecule has 1 aromatic carbocycles. The summed E-state index contributed by atoms with van der Waals surface area (Å²) in [5.74, 6) is 0. The van der Waals surface area contributed by atoms with Gasteiger partial charge < -0.3 is 9.47 Å². The van der Waals surface area contributed by atoms with Crippen molar-refractivity contribution in [2.45, 2.75) is 6.29 Å². The van der Waals surface area contributed by atoms with Crippen molar-refractivity contribution in [3.63, 3.8) is 0 Å². The number of hydrogen-bond acceptors (Lipinski definition) is 2. The molecule has 1 heterocycles. The smallest absolute Gasteiger partial charge is 0.266 e. The van der Waals surface area contributed by atoms with E-state index in [-0.39, 0.29) is 6.29 Å². The van der Waals surface area contributed by atoms with Crippen LogP contribution < -0.4 is 0 Å². The Balaban J connectivity index is 2.18. The highest BCUT2D eigenvalue weighted by molar-refractivity contribution is 5.16. The molecule has 56 valence electrons. The van der Waals surface area contributed by atoms with Crippen LogP contribution in [0.4, 0.5) is 0 Å². The first kappa shape index (κ1) is 5.24. The summed E-state index contributed by atoms with van der Waals surface area (Å²) in [5, 5.41) is 0. The third-order valence-electron chi connectivity index (χ3n) is 1.48. The van der Waals surface area contributed by atoms with Crippen LogP contribution in [0.1, 0.15) is 13.2 Å². The number of rotatable bonds is 1. The summed E-state index contributed by atoms with van der Waals surface area (Å²) < 4.78 is 17.5. The van der Waals surface area contributed by atoms with Crippen molar-refractivity contribution in [2.75, 3.05) is 0 Å². The van der Waals surface area contributed by atoms with E-state index in [1.165, 1.54) is 12.5 Å². The lowest BCUT2D eigenvalue weighted by atomic mass is 10.2. The Morgan fingerprint density at radius 1 is 1.18 bits per heavy atom. The van der Waals surface area contributed by atoms with Gasteiger partial charge in [0.05, 0.1) is 1.37 Å². The topological polar surface area (TPSA) is 18.5 Å². The molecule has 0 fully saturated rings. The molecule has 0 saturated carbocycles. The standard InChI is InChI=1S/C9H8O2/c1-2-4-8(5-3-1)9-10-6-7-11-9/h1-7,9H/i1D. The molecule has 0 atom stereocenters. The van der Waals surface area contributed by atoms with Gasteiger partial charge in [-0.3, -0.25) is 0 Å². The summed E-state index contributed by atoms with van der Waals surface area (Å²) in [4.78, 5) is 0. The number of benzene rings is 1. The van der Waals surface area contributed by atoms with E-state index in [9.17, 15) is 0 Å². The molecule has 1 aliphatic rings. The van der Waals surface area contributed by atoms with Gasteiger partial charge >= 0.3 is 0 Å². The summed E-state index contributed by atoms with van der Waals surface area (Å²) in [5.41, 5.74) is 0.927. The molecule has 11 heavy (non-hydrogen) atoms. The molecule has 0 saturated heterocycles. The zero-order chi connectivity index (χ0) is 8.39. The zero-order valence-electron chi connectivity index (χ0n) is 6.86. The molecule has 1 aromatic rings. The van der Waals surface area contributed by atoms with Gasteiger partial charge in [-0.15, -0.1) is 0 Å². The van der Waals surface area contributed by atoms with Crippen molar-refractivity contribution in [1.29, 1.82) is 0 Å². The molecular formula is C9H8O2. The van der Waals surface area contributed by atoms with Crippen molar-refractivity contribution < 1.29 is 10.8 Å². The SMILES string of the molecule is [2H]c1ccc(C2OC=CO2)cc1. The van der Waals surface area contributed by atoms with Crippen LogP contribution in [0.2, 0.25) is 0 Å². The molecular weight excluding hydrogens is 140 g/mol. The first-order valence-electron chi connectivity index (χ1n) is 3.89. The summed E-state index contributed by atoms with van der Waals surface area (Å²) in [6, 6.07) is 7.55. The minimum Gasteiger partial charge on any atom is -0.455 e. The van der Waals surface area contributed by atoms with Gasteiger partial charge in [-0.25, -0.2) is 0 Å². The summed E-state index contributed by atoms with van der Waals surface area (Å²) >= 11 is 0. The summed E-state index contributed by atoms with van der Waals surface area (Å²) in [7, 11) is 0. The molecule has 0 bridgehead atoms. The molecule has 2 nitrogen and oxygen atoms in total. The second kappa shape index (κ2) is 2.66. The van der Waals surface area contributed by atoms with Crippen LogP contribution >= 0.6 is 0 Å². The first-order chi connectivity index (χ1) is 5.86. The molecule has 0 aliphatic carbocycles. The quantitative estimate of drug-likeness (QED) is 0.609. The van der Waals surface area contributed by atoms with Crippen LogP contribution in [0.25, 0.3) is 0 Å². The lowest BCUT2D eigenvalue weighted by Gasteiger charge is -2.08. The lowest BCUT2D eigenvalue weighted by Crippen LogP contribution is -1.96. The normalized spacial score (nSPS) is 17.3. The van der Waals surface area contributed by atoms with Gasteiger partial charge in [0.25, 0.3) is 6.29 Å². The van der Waals surface area contributed by atoms with Crippen LogP contribution in [-0.4, -0.2) is 0 Å². The van der Waals surface area contributed by atoms with E-state index in [2.05, 4.69) is 0 Å². The maximum absolute atomic E-state index is 7.27. The van der Waals surface area contributed by atoms with E-state index < -0.39 is 0 Å². The fourth-order valence-corrected chi connectivity index (χ4v) is 0.953. The predicted molar refractivity (Wildman–Crippen MR) is 40.5 cm³/mol. The maximum Gasteiger partial charge on any atom is 0.266 e. The van der Waals surface area contributed by atoms with Crippen molar-refractivity contribution in [2.24, 2.45) is 0 Å². The van der Waals surface area contributed by atoms with E-state index in [0.29, 0.717) is 6.04 Å². The van der Waals surface area contributed by atoms with Gasteiger partial charge in [0.1, 0.15) is 12.5 Å². The fraction of sp³-hybridized carbons (Fsp3) is 0.111. The van der Waals surface area contributed by atoms with Crippen LogP contribution in [0.3, 0.4) is 0 Å². The Hall–Kier alpha value is -1.44. The van der Waals surface area contributed by atoms with Gasteiger partial charge in [0, 0.05) is 5.56 Å². The van der Waals surface area contributed by atoms with Crippen LogP contribution in [0.5, 0.6) is 0 Å². The average molecular weight is 149 g/mol. The maximum atomic E-state index is 7.27. The molecule has 2 heteroatoms. The third-order valence-corrected chi connectivity index (χ3v) is 1.48. The molecule has 0 aromatic heterocycles. The molecule has 0 N–H and O–H groups in total. The van der Waals surface area contributed by atoms with Crippen LogP contribution in [0, 0.1) is 0 Å². The van der Waals surface area contributed by atoms with Crippen LogP contribution in [-0.2, 0) is 9.47 Å². The highest BCUT2D eigenvalue weighted by Crippen LogP contribution is 2.22. The second-order valence-corrected chi connectivity index (χ2v) is 2.21. The molecule has 0 spiro atoms. The van der Waals surface area contributed by atoms with Crippen molar-refractivity contribution in [1.82, 2.24) is 0 Å². The monoisotopic (exact) mass is 149 g/mol. The third kappa shape index (κ3) is 1.19. The van der Waals surface area contributed by atoms with E-state index in [1.54, 1.807) is 12.1 Å². The van der Waals surface area contributed by atoms with Crippen LogP contribution in [0.15, 0.2) is 42.8 Å². The van der Waals surface area contributed by atoms with Crippen molar-refractivity contribution in [3.05, 3.63) is 48.4 Å². The van der Waals surface area contributed by atoms with E-state index in [0.717, 1.165) is 5.56 Å². The molecule has 0 amide bonds. The second-order valence-electron chi connectivity index (χ2n) is 2.21. The molecule has 1 aliphatic heterocycles. The van der Waals surface area contributed by atoms with E-state index >= 15 is 0 Å². The summed E-state index contributed by atoms with van der Waals surface area (Å²) in [6.45, 7) is 0. The Morgan fingerprint density at radius 2 is 1.82 bits per heavy atom. The van der Waals surface area contributed by atoms with Gasteiger partial charge in [-0.1, -0.05) is 30.3 Å².